The minimum atomic E-state index is 0.712. The normalized spacial score (nSPS) is 10.7. The second-order valence-corrected chi connectivity index (χ2v) is 4.11. The van der Waals surface area contributed by atoms with E-state index in [2.05, 4.69) is 29.3 Å². The number of aryl methyl sites for hydroxylation is 3. The first-order valence-corrected chi connectivity index (χ1v) is 5.48. The minimum absolute atomic E-state index is 0.712. The zero-order valence-electron chi connectivity index (χ0n) is 10.1. The molecule has 2 heterocycles. The minimum Gasteiger partial charge on any atom is -0.301 e. The van der Waals surface area contributed by atoms with Crippen molar-refractivity contribution in [3.63, 3.8) is 0 Å². The molecule has 0 atom stereocenters. The van der Waals surface area contributed by atoms with Crippen LogP contribution < -0.4 is 0 Å². The summed E-state index contributed by atoms with van der Waals surface area (Å²) < 4.78 is 2.10. The smallest absolute Gasteiger partial charge is 0.155 e. The Hall–Kier alpha value is -1.82. The second kappa shape index (κ2) is 3.64. The van der Waals surface area contributed by atoms with Gasteiger partial charge in [-0.15, -0.1) is 0 Å². The van der Waals surface area contributed by atoms with Gasteiger partial charge in [-0.3, -0.25) is 0 Å². The number of hydrogen-bond donors (Lipinski definition) is 0. The largest absolute Gasteiger partial charge is 0.301 e. The van der Waals surface area contributed by atoms with E-state index in [1.54, 1.807) is 0 Å². The zero-order chi connectivity index (χ0) is 11.9. The van der Waals surface area contributed by atoms with Crippen molar-refractivity contribution in [2.75, 3.05) is 0 Å². The topological polar surface area (TPSA) is 41.1 Å². The Morgan fingerprint density at radius 3 is 2.62 bits per heavy atom. The van der Waals surface area contributed by atoms with Crippen LogP contribution in [0, 0.1) is 32.1 Å². The molecule has 0 saturated heterocycles. The number of aromatic nitrogens is 2. The van der Waals surface area contributed by atoms with Gasteiger partial charge in [-0.2, -0.15) is 5.26 Å². The van der Waals surface area contributed by atoms with Crippen molar-refractivity contribution < 1.29 is 0 Å². The summed E-state index contributed by atoms with van der Waals surface area (Å²) in [6, 6.07) is 4.31. The van der Waals surface area contributed by atoms with Crippen LogP contribution in [0.3, 0.4) is 0 Å². The molecule has 0 N–H and O–H groups in total. The fourth-order valence-corrected chi connectivity index (χ4v) is 2.33. The highest BCUT2D eigenvalue weighted by molar-refractivity contribution is 5.63. The van der Waals surface area contributed by atoms with Crippen molar-refractivity contribution in [1.82, 2.24) is 9.38 Å². The first-order chi connectivity index (χ1) is 7.60. The molecule has 2 rings (SSSR count). The number of nitrogens with zero attached hydrogens (tertiary/aromatic N) is 3. The van der Waals surface area contributed by atoms with Crippen LogP contribution in [0.15, 0.2) is 6.07 Å². The first kappa shape index (κ1) is 10.7. The first-order valence-electron chi connectivity index (χ1n) is 5.48. The summed E-state index contributed by atoms with van der Waals surface area (Å²) in [5.41, 5.74) is 5.87. The molecule has 0 radical (unpaired) electrons. The highest BCUT2D eigenvalue weighted by atomic mass is 15.0. The summed E-state index contributed by atoms with van der Waals surface area (Å²) >= 11 is 0. The SMILES string of the molecule is CCc1c(C)c(C#N)c2nc(C)cc(C)n12. The molecule has 0 spiro atoms. The van der Waals surface area contributed by atoms with Crippen LogP contribution in [0.2, 0.25) is 0 Å². The molecule has 0 bridgehead atoms. The lowest BCUT2D eigenvalue weighted by atomic mass is 10.1. The fourth-order valence-electron chi connectivity index (χ4n) is 2.33. The van der Waals surface area contributed by atoms with E-state index in [4.69, 9.17) is 0 Å². The van der Waals surface area contributed by atoms with Gasteiger partial charge in [0.1, 0.15) is 6.07 Å². The quantitative estimate of drug-likeness (QED) is 0.730. The Bertz CT molecular complexity index is 600. The Labute approximate surface area is 95.4 Å². The third kappa shape index (κ3) is 1.30. The molecular formula is C13H15N3. The zero-order valence-corrected chi connectivity index (χ0v) is 10.1. The molecule has 0 unspecified atom stereocenters. The maximum absolute atomic E-state index is 9.20. The van der Waals surface area contributed by atoms with Crippen molar-refractivity contribution >= 4 is 5.65 Å². The van der Waals surface area contributed by atoms with Gasteiger partial charge >= 0.3 is 0 Å². The van der Waals surface area contributed by atoms with E-state index >= 15 is 0 Å². The summed E-state index contributed by atoms with van der Waals surface area (Å²) in [5, 5.41) is 9.20. The molecule has 0 aliphatic carbocycles. The molecule has 2 aromatic rings. The van der Waals surface area contributed by atoms with Crippen LogP contribution in [0.4, 0.5) is 0 Å². The Kier molecular flexibility index (Phi) is 2.43. The monoisotopic (exact) mass is 213 g/mol. The van der Waals surface area contributed by atoms with Crippen LogP contribution in [0.1, 0.15) is 35.1 Å². The number of rotatable bonds is 1. The predicted molar refractivity (Wildman–Crippen MR) is 63.5 cm³/mol. The summed E-state index contributed by atoms with van der Waals surface area (Å²) in [4.78, 5) is 4.48. The van der Waals surface area contributed by atoms with E-state index in [-0.39, 0.29) is 0 Å². The van der Waals surface area contributed by atoms with Crippen molar-refractivity contribution in [2.24, 2.45) is 0 Å². The fraction of sp³-hybridized carbons (Fsp3) is 0.385. The highest BCUT2D eigenvalue weighted by Crippen LogP contribution is 2.23. The molecule has 0 aromatic carbocycles. The van der Waals surface area contributed by atoms with Gasteiger partial charge in [-0.05, 0) is 38.8 Å². The van der Waals surface area contributed by atoms with E-state index in [0.717, 1.165) is 29.0 Å². The summed E-state index contributed by atoms with van der Waals surface area (Å²) in [7, 11) is 0. The van der Waals surface area contributed by atoms with Crippen LogP contribution in [-0.2, 0) is 6.42 Å². The highest BCUT2D eigenvalue weighted by Gasteiger charge is 2.16. The van der Waals surface area contributed by atoms with Gasteiger partial charge in [0.2, 0.25) is 0 Å². The summed E-state index contributed by atoms with van der Waals surface area (Å²) in [6.45, 7) is 8.12. The van der Waals surface area contributed by atoms with Gasteiger partial charge in [-0.25, -0.2) is 4.98 Å². The van der Waals surface area contributed by atoms with Gasteiger partial charge in [0, 0.05) is 17.1 Å². The molecule has 82 valence electrons. The van der Waals surface area contributed by atoms with E-state index in [9.17, 15) is 5.26 Å². The molecule has 0 fully saturated rings. The van der Waals surface area contributed by atoms with Gasteiger partial charge in [0.25, 0.3) is 0 Å². The molecule has 2 aromatic heterocycles. The lowest BCUT2D eigenvalue weighted by Crippen LogP contribution is -1.99. The molecule has 3 heteroatoms. The van der Waals surface area contributed by atoms with Gasteiger partial charge in [0.15, 0.2) is 5.65 Å². The number of fused-ring (bicyclic) bond motifs is 1. The number of nitriles is 1. The summed E-state index contributed by atoms with van der Waals surface area (Å²) in [5.74, 6) is 0. The van der Waals surface area contributed by atoms with E-state index in [1.165, 1.54) is 5.69 Å². The molecule has 3 nitrogen and oxygen atoms in total. The predicted octanol–water partition coefficient (Wildman–Crippen LogP) is 2.69. The van der Waals surface area contributed by atoms with Crippen molar-refractivity contribution in [3.05, 3.63) is 34.3 Å². The van der Waals surface area contributed by atoms with E-state index < -0.39 is 0 Å². The number of hydrogen-bond acceptors (Lipinski definition) is 2. The maximum atomic E-state index is 9.20. The third-order valence-corrected chi connectivity index (χ3v) is 3.01. The van der Waals surface area contributed by atoms with Crippen LogP contribution in [0.5, 0.6) is 0 Å². The van der Waals surface area contributed by atoms with Crippen LogP contribution >= 0.6 is 0 Å². The van der Waals surface area contributed by atoms with Gasteiger partial charge < -0.3 is 4.40 Å². The second-order valence-electron chi connectivity index (χ2n) is 4.11. The molecule has 0 aliphatic heterocycles. The van der Waals surface area contributed by atoms with Crippen molar-refractivity contribution in [2.45, 2.75) is 34.1 Å². The van der Waals surface area contributed by atoms with Crippen LogP contribution in [0.25, 0.3) is 5.65 Å². The average Bonchev–Trinajstić information content (AvgIpc) is 2.49. The van der Waals surface area contributed by atoms with Gasteiger partial charge in [-0.1, -0.05) is 6.92 Å². The average molecular weight is 213 g/mol. The van der Waals surface area contributed by atoms with Crippen molar-refractivity contribution in [1.29, 1.82) is 5.26 Å². The lowest BCUT2D eigenvalue weighted by Gasteiger charge is -2.05. The standard InChI is InChI=1S/C13H15N3/c1-5-12-10(4)11(7-14)13-15-8(2)6-9(3)16(12)13/h6H,5H2,1-4H3. The van der Waals surface area contributed by atoms with E-state index in [1.807, 2.05) is 19.9 Å². The Morgan fingerprint density at radius 2 is 2.06 bits per heavy atom. The Balaban J connectivity index is 3.02. The van der Waals surface area contributed by atoms with E-state index in [0.29, 0.717) is 5.56 Å². The van der Waals surface area contributed by atoms with Crippen LogP contribution in [-0.4, -0.2) is 9.38 Å². The molecule has 0 aliphatic rings. The molecule has 0 saturated carbocycles. The molecular weight excluding hydrogens is 198 g/mol. The maximum Gasteiger partial charge on any atom is 0.155 e. The third-order valence-electron chi connectivity index (χ3n) is 3.01. The molecule has 16 heavy (non-hydrogen) atoms. The van der Waals surface area contributed by atoms with Gasteiger partial charge in [0.05, 0.1) is 5.56 Å². The molecule has 0 amide bonds. The van der Waals surface area contributed by atoms with Crippen molar-refractivity contribution in [3.8, 4) is 6.07 Å². The summed E-state index contributed by atoms with van der Waals surface area (Å²) in [6.07, 6.45) is 0.917. The Morgan fingerprint density at radius 1 is 1.38 bits per heavy atom. The lowest BCUT2D eigenvalue weighted by molar-refractivity contribution is 0.924.